The minimum absolute atomic E-state index is 0.130. The monoisotopic (exact) mass is 372 g/mol. The van der Waals surface area contributed by atoms with Gasteiger partial charge in [0.15, 0.2) is 6.10 Å². The van der Waals surface area contributed by atoms with Gasteiger partial charge in [0, 0.05) is 12.1 Å². The van der Waals surface area contributed by atoms with E-state index >= 15 is 0 Å². The van der Waals surface area contributed by atoms with Gasteiger partial charge in [-0.25, -0.2) is 4.79 Å². The largest absolute Gasteiger partial charge is 0.480 e. The number of aryl methyl sites for hydroxylation is 2. The van der Waals surface area contributed by atoms with Crippen LogP contribution in [0.4, 0.5) is 0 Å². The molecule has 27 heavy (non-hydrogen) atoms. The number of piperidine rings is 1. The first kappa shape index (κ1) is 19.4. The Morgan fingerprint density at radius 1 is 1.26 bits per heavy atom. The van der Waals surface area contributed by atoms with Crippen LogP contribution in [0.15, 0.2) is 21.3 Å². The van der Waals surface area contributed by atoms with Crippen molar-refractivity contribution in [3.05, 3.63) is 39.2 Å². The standard InChI is InChI=1S/C21H28N2O4/c1-12-9-17(19-13(2)14(3)21(25)27-18(19)10-12)26-15(4)20(24)23-11-16-5-7-22-8-6-16/h9-10,15-16,22H,5-8,11H2,1-4H3,(H,23,24). The van der Waals surface area contributed by atoms with Crippen LogP contribution in [-0.4, -0.2) is 31.6 Å². The third-order valence-electron chi connectivity index (χ3n) is 5.35. The van der Waals surface area contributed by atoms with Crippen molar-refractivity contribution in [2.24, 2.45) is 5.92 Å². The van der Waals surface area contributed by atoms with Crippen LogP contribution in [0.5, 0.6) is 5.75 Å². The van der Waals surface area contributed by atoms with Crippen LogP contribution in [0, 0.1) is 26.7 Å². The molecule has 2 aromatic rings. The lowest BCUT2D eigenvalue weighted by Gasteiger charge is -2.24. The van der Waals surface area contributed by atoms with Crippen molar-refractivity contribution in [1.29, 1.82) is 0 Å². The number of rotatable bonds is 5. The Morgan fingerprint density at radius 2 is 1.96 bits per heavy atom. The Morgan fingerprint density at radius 3 is 2.67 bits per heavy atom. The molecule has 1 fully saturated rings. The van der Waals surface area contributed by atoms with Gasteiger partial charge in [0.2, 0.25) is 0 Å². The molecule has 0 spiro atoms. The Kier molecular flexibility index (Phi) is 5.85. The maximum Gasteiger partial charge on any atom is 0.339 e. The molecule has 0 saturated carbocycles. The van der Waals surface area contributed by atoms with Gasteiger partial charge in [0.05, 0.1) is 5.39 Å². The van der Waals surface area contributed by atoms with Gasteiger partial charge >= 0.3 is 5.63 Å². The number of carbonyl (C=O) groups is 1. The normalized spacial score (nSPS) is 16.3. The molecule has 0 bridgehead atoms. The van der Waals surface area contributed by atoms with Crippen LogP contribution < -0.4 is 21.0 Å². The minimum Gasteiger partial charge on any atom is -0.480 e. The van der Waals surface area contributed by atoms with Gasteiger partial charge in [0.25, 0.3) is 5.91 Å². The van der Waals surface area contributed by atoms with E-state index in [1.54, 1.807) is 13.8 Å². The summed E-state index contributed by atoms with van der Waals surface area (Å²) in [6.45, 7) is 9.95. The fourth-order valence-corrected chi connectivity index (χ4v) is 3.50. The van der Waals surface area contributed by atoms with Crippen molar-refractivity contribution in [3.63, 3.8) is 0 Å². The van der Waals surface area contributed by atoms with Crippen molar-refractivity contribution in [2.45, 2.75) is 46.6 Å². The zero-order valence-electron chi connectivity index (χ0n) is 16.5. The molecule has 146 valence electrons. The number of carbonyl (C=O) groups excluding carboxylic acids is 1. The second-order valence-electron chi connectivity index (χ2n) is 7.47. The number of fused-ring (bicyclic) bond motifs is 1. The summed E-state index contributed by atoms with van der Waals surface area (Å²) in [5, 5.41) is 7.08. The molecule has 6 heteroatoms. The summed E-state index contributed by atoms with van der Waals surface area (Å²) in [7, 11) is 0. The molecule has 1 amide bonds. The van der Waals surface area contributed by atoms with E-state index in [1.165, 1.54) is 0 Å². The second kappa shape index (κ2) is 8.13. The number of benzene rings is 1. The van der Waals surface area contributed by atoms with Gasteiger partial charge < -0.3 is 19.8 Å². The first-order chi connectivity index (χ1) is 12.9. The SMILES string of the molecule is Cc1cc(OC(C)C(=O)NCC2CCNCC2)c2c(C)c(C)c(=O)oc2c1. The highest BCUT2D eigenvalue weighted by molar-refractivity contribution is 5.89. The lowest BCUT2D eigenvalue weighted by Crippen LogP contribution is -2.41. The lowest BCUT2D eigenvalue weighted by molar-refractivity contribution is -0.127. The molecular weight excluding hydrogens is 344 g/mol. The summed E-state index contributed by atoms with van der Waals surface area (Å²) in [6, 6.07) is 3.70. The lowest BCUT2D eigenvalue weighted by atomic mass is 9.98. The van der Waals surface area contributed by atoms with E-state index in [4.69, 9.17) is 9.15 Å². The topological polar surface area (TPSA) is 80.6 Å². The summed E-state index contributed by atoms with van der Waals surface area (Å²) in [5.74, 6) is 0.954. The molecule has 2 N–H and O–H groups in total. The highest BCUT2D eigenvalue weighted by Gasteiger charge is 2.21. The fourth-order valence-electron chi connectivity index (χ4n) is 3.50. The molecule has 3 rings (SSSR count). The number of ether oxygens (including phenoxy) is 1. The van der Waals surface area contributed by atoms with Crippen LogP contribution >= 0.6 is 0 Å². The highest BCUT2D eigenvalue weighted by atomic mass is 16.5. The van der Waals surface area contributed by atoms with Gasteiger partial charge in [-0.2, -0.15) is 0 Å². The van der Waals surface area contributed by atoms with E-state index in [2.05, 4.69) is 10.6 Å². The van der Waals surface area contributed by atoms with E-state index in [-0.39, 0.29) is 11.5 Å². The number of hydrogen-bond donors (Lipinski definition) is 2. The van der Waals surface area contributed by atoms with Gasteiger partial charge in [-0.05, 0) is 82.8 Å². The second-order valence-corrected chi connectivity index (χ2v) is 7.47. The predicted molar refractivity (Wildman–Crippen MR) is 105 cm³/mol. The number of hydrogen-bond acceptors (Lipinski definition) is 5. The Labute approximate surface area is 159 Å². The summed E-state index contributed by atoms with van der Waals surface area (Å²) in [4.78, 5) is 24.5. The number of amides is 1. The highest BCUT2D eigenvalue weighted by Crippen LogP contribution is 2.31. The maximum atomic E-state index is 12.5. The van der Waals surface area contributed by atoms with Crippen molar-refractivity contribution in [2.75, 3.05) is 19.6 Å². The van der Waals surface area contributed by atoms with Gasteiger partial charge in [-0.3, -0.25) is 4.79 Å². The predicted octanol–water partition coefficient (Wildman–Crippen LogP) is 2.60. The molecule has 2 heterocycles. The summed E-state index contributed by atoms with van der Waals surface area (Å²) in [6.07, 6.45) is 1.52. The summed E-state index contributed by atoms with van der Waals surface area (Å²) < 4.78 is 11.4. The smallest absolute Gasteiger partial charge is 0.339 e. The molecule has 1 aromatic heterocycles. The zero-order chi connectivity index (χ0) is 19.6. The first-order valence-electron chi connectivity index (χ1n) is 9.56. The molecule has 1 aliphatic heterocycles. The van der Waals surface area contributed by atoms with E-state index in [0.29, 0.717) is 29.4 Å². The maximum absolute atomic E-state index is 12.5. The molecule has 0 radical (unpaired) electrons. The third kappa shape index (κ3) is 4.33. The van der Waals surface area contributed by atoms with Crippen LogP contribution in [-0.2, 0) is 4.79 Å². The Balaban J connectivity index is 1.77. The zero-order valence-corrected chi connectivity index (χ0v) is 16.5. The van der Waals surface area contributed by atoms with Crippen molar-refractivity contribution >= 4 is 16.9 Å². The molecule has 6 nitrogen and oxygen atoms in total. The van der Waals surface area contributed by atoms with Gasteiger partial charge in [-0.15, -0.1) is 0 Å². The van der Waals surface area contributed by atoms with Crippen LogP contribution in [0.25, 0.3) is 11.0 Å². The molecule has 0 aliphatic carbocycles. The van der Waals surface area contributed by atoms with Gasteiger partial charge in [-0.1, -0.05) is 0 Å². The first-order valence-corrected chi connectivity index (χ1v) is 9.56. The average Bonchev–Trinajstić information content (AvgIpc) is 2.64. The summed E-state index contributed by atoms with van der Waals surface area (Å²) >= 11 is 0. The van der Waals surface area contributed by atoms with E-state index < -0.39 is 6.10 Å². The van der Waals surface area contributed by atoms with Crippen molar-refractivity contribution in [3.8, 4) is 5.75 Å². The van der Waals surface area contributed by atoms with E-state index in [1.807, 2.05) is 26.0 Å². The minimum atomic E-state index is -0.636. The summed E-state index contributed by atoms with van der Waals surface area (Å²) in [5.41, 5.74) is 2.42. The van der Waals surface area contributed by atoms with Crippen molar-refractivity contribution < 1.29 is 13.9 Å². The molecule has 1 atom stereocenters. The quantitative estimate of drug-likeness (QED) is 0.789. The van der Waals surface area contributed by atoms with Gasteiger partial charge in [0.1, 0.15) is 11.3 Å². The molecule has 1 aliphatic rings. The Bertz CT molecular complexity index is 897. The van der Waals surface area contributed by atoms with Crippen LogP contribution in [0.2, 0.25) is 0 Å². The van der Waals surface area contributed by atoms with E-state index in [9.17, 15) is 9.59 Å². The molecular formula is C21H28N2O4. The molecule has 1 saturated heterocycles. The fraction of sp³-hybridized carbons (Fsp3) is 0.524. The Hall–Kier alpha value is -2.34. The van der Waals surface area contributed by atoms with Crippen LogP contribution in [0.1, 0.15) is 36.5 Å². The third-order valence-corrected chi connectivity index (χ3v) is 5.35. The van der Waals surface area contributed by atoms with Crippen molar-refractivity contribution in [1.82, 2.24) is 10.6 Å². The number of nitrogens with one attached hydrogen (secondary N) is 2. The van der Waals surface area contributed by atoms with Crippen LogP contribution in [0.3, 0.4) is 0 Å². The molecule has 1 unspecified atom stereocenters. The molecule has 1 aromatic carbocycles. The average molecular weight is 372 g/mol. The van der Waals surface area contributed by atoms with E-state index in [0.717, 1.165) is 42.4 Å².